The molecule has 31 heavy (non-hydrogen) atoms. The minimum absolute atomic E-state index is 0.0703. The summed E-state index contributed by atoms with van der Waals surface area (Å²) in [6, 6.07) is 7.75. The maximum Gasteiger partial charge on any atom is 0.232 e. The fourth-order valence-corrected chi connectivity index (χ4v) is 4.54. The molecule has 9 heteroatoms. The first-order chi connectivity index (χ1) is 14.9. The third-order valence-corrected chi connectivity index (χ3v) is 6.38. The first-order valence-corrected chi connectivity index (χ1v) is 11.4. The number of H-pyrrole nitrogens is 1. The van der Waals surface area contributed by atoms with Crippen molar-refractivity contribution in [2.45, 2.75) is 19.8 Å². The zero-order valence-electron chi connectivity index (χ0n) is 16.7. The number of fused-ring (bicyclic) bond motifs is 1. The number of anilines is 1. The van der Waals surface area contributed by atoms with Crippen LogP contribution in [0.15, 0.2) is 55.1 Å². The molecule has 0 saturated carbocycles. The minimum Gasteiger partial charge on any atom is -0.346 e. The van der Waals surface area contributed by atoms with Gasteiger partial charge in [0.05, 0.1) is 11.4 Å². The van der Waals surface area contributed by atoms with Gasteiger partial charge in [-0.05, 0) is 36.2 Å². The lowest BCUT2D eigenvalue weighted by Gasteiger charge is -2.12. The number of rotatable bonds is 7. The third kappa shape index (κ3) is 4.41. The average Bonchev–Trinajstić information content (AvgIpc) is 3.16. The molecule has 4 aromatic rings. The van der Waals surface area contributed by atoms with Gasteiger partial charge in [0.15, 0.2) is 5.82 Å². The number of hydrogen-bond donors (Lipinski definition) is 2. The lowest BCUT2D eigenvalue weighted by molar-refractivity contribution is 0.563. The van der Waals surface area contributed by atoms with E-state index >= 15 is 4.39 Å². The number of aromatic nitrogens is 3. The highest BCUT2D eigenvalue weighted by Gasteiger charge is 2.19. The van der Waals surface area contributed by atoms with Crippen LogP contribution < -0.4 is 4.72 Å². The fraction of sp³-hybridized carbons (Fsp3) is 0.182. The molecule has 0 aliphatic heterocycles. The Hall–Kier alpha value is -3.33. The van der Waals surface area contributed by atoms with Crippen LogP contribution >= 0.6 is 0 Å². The monoisotopic (exact) mass is 442 g/mol. The number of aromatic amines is 1. The van der Waals surface area contributed by atoms with E-state index in [0.717, 1.165) is 28.6 Å². The van der Waals surface area contributed by atoms with E-state index in [1.807, 2.05) is 18.2 Å². The Labute approximate surface area is 178 Å². The molecule has 4 rings (SSSR count). The lowest BCUT2D eigenvalue weighted by atomic mass is 10.0. The van der Waals surface area contributed by atoms with Crippen molar-refractivity contribution >= 4 is 26.7 Å². The van der Waals surface area contributed by atoms with Crippen LogP contribution in [0.3, 0.4) is 0 Å². The van der Waals surface area contributed by atoms with Crippen LogP contribution in [0.2, 0.25) is 0 Å². The van der Waals surface area contributed by atoms with Crippen LogP contribution in [0.5, 0.6) is 0 Å². The Balaban J connectivity index is 1.71. The van der Waals surface area contributed by atoms with Crippen LogP contribution in [0.1, 0.15) is 24.5 Å². The van der Waals surface area contributed by atoms with Crippen LogP contribution in [-0.4, -0.2) is 29.1 Å². The predicted octanol–water partition coefficient (Wildman–Crippen LogP) is 4.65. The maximum atomic E-state index is 15.0. The van der Waals surface area contributed by atoms with Crippen molar-refractivity contribution < 1.29 is 17.2 Å². The highest BCUT2D eigenvalue weighted by atomic mass is 32.2. The minimum atomic E-state index is -3.70. The molecule has 0 aliphatic carbocycles. The van der Waals surface area contributed by atoms with Gasteiger partial charge in [0.1, 0.15) is 11.5 Å². The summed E-state index contributed by atoms with van der Waals surface area (Å²) in [5.74, 6) is -1.82. The van der Waals surface area contributed by atoms with E-state index < -0.39 is 21.7 Å². The molecule has 6 nitrogen and oxygen atoms in total. The standard InChI is InChI=1S/C22H20F2N4O2S/c1-2-8-31(29,30)28-20-6-5-19(23)18(21(20)24)10-16-13-27-22-17(16)9-15(12-26-22)14-4-3-7-25-11-14/h3-7,9,11-13,28H,2,8,10H2,1H3,(H,26,27). The number of pyridine rings is 2. The van der Waals surface area contributed by atoms with E-state index in [1.54, 1.807) is 31.7 Å². The zero-order valence-corrected chi connectivity index (χ0v) is 17.5. The van der Waals surface area contributed by atoms with E-state index in [0.29, 0.717) is 17.6 Å². The van der Waals surface area contributed by atoms with Gasteiger partial charge in [-0.15, -0.1) is 0 Å². The topological polar surface area (TPSA) is 87.7 Å². The van der Waals surface area contributed by atoms with Gasteiger partial charge in [-0.1, -0.05) is 13.0 Å². The summed E-state index contributed by atoms with van der Waals surface area (Å²) in [6.45, 7) is 1.70. The molecule has 0 radical (unpaired) electrons. The van der Waals surface area contributed by atoms with Gasteiger partial charge in [0.2, 0.25) is 10.0 Å². The molecule has 1 aromatic carbocycles. The summed E-state index contributed by atoms with van der Waals surface area (Å²) in [7, 11) is -3.70. The first-order valence-electron chi connectivity index (χ1n) is 9.71. The van der Waals surface area contributed by atoms with Gasteiger partial charge in [0, 0.05) is 53.3 Å². The summed E-state index contributed by atoms with van der Waals surface area (Å²) >= 11 is 0. The molecule has 3 aromatic heterocycles. The van der Waals surface area contributed by atoms with Crippen molar-refractivity contribution in [1.82, 2.24) is 15.0 Å². The first kappa shape index (κ1) is 20.9. The number of benzene rings is 1. The zero-order chi connectivity index (χ0) is 22.0. The van der Waals surface area contributed by atoms with Gasteiger partial charge in [-0.3, -0.25) is 9.71 Å². The fourth-order valence-electron chi connectivity index (χ4n) is 3.41. The van der Waals surface area contributed by atoms with E-state index in [4.69, 9.17) is 0 Å². The molecular weight excluding hydrogens is 422 g/mol. The second-order valence-electron chi connectivity index (χ2n) is 7.16. The van der Waals surface area contributed by atoms with Gasteiger partial charge in [0.25, 0.3) is 0 Å². The Bertz CT molecular complexity index is 1340. The van der Waals surface area contributed by atoms with Crippen molar-refractivity contribution in [3.8, 4) is 11.1 Å². The van der Waals surface area contributed by atoms with Crippen molar-refractivity contribution in [1.29, 1.82) is 0 Å². The number of hydrogen-bond acceptors (Lipinski definition) is 4. The van der Waals surface area contributed by atoms with Crippen molar-refractivity contribution in [3.63, 3.8) is 0 Å². The van der Waals surface area contributed by atoms with Gasteiger partial charge in [-0.2, -0.15) is 0 Å². The van der Waals surface area contributed by atoms with Crippen molar-refractivity contribution in [2.24, 2.45) is 0 Å². The van der Waals surface area contributed by atoms with Crippen LogP contribution in [-0.2, 0) is 16.4 Å². The van der Waals surface area contributed by atoms with Crippen LogP contribution in [0.4, 0.5) is 14.5 Å². The molecule has 0 bridgehead atoms. The summed E-state index contributed by atoms with van der Waals surface area (Å²) in [5.41, 5.74) is 2.43. The third-order valence-electron chi connectivity index (χ3n) is 4.90. The predicted molar refractivity (Wildman–Crippen MR) is 116 cm³/mol. The molecule has 2 N–H and O–H groups in total. The molecule has 0 unspecified atom stereocenters. The molecule has 0 fully saturated rings. The Morgan fingerprint density at radius 3 is 2.71 bits per heavy atom. The summed E-state index contributed by atoms with van der Waals surface area (Å²) in [5, 5.41) is 0.720. The van der Waals surface area contributed by atoms with Crippen molar-refractivity contribution in [2.75, 3.05) is 10.5 Å². The lowest BCUT2D eigenvalue weighted by Crippen LogP contribution is -2.17. The van der Waals surface area contributed by atoms with E-state index in [-0.39, 0.29) is 23.4 Å². The van der Waals surface area contributed by atoms with E-state index in [9.17, 15) is 12.8 Å². The van der Waals surface area contributed by atoms with Gasteiger partial charge in [-0.25, -0.2) is 22.2 Å². The molecule has 0 amide bonds. The quantitative estimate of drug-likeness (QED) is 0.436. The van der Waals surface area contributed by atoms with E-state index in [2.05, 4.69) is 19.7 Å². The number of nitrogens with one attached hydrogen (secondary N) is 2. The Morgan fingerprint density at radius 2 is 1.97 bits per heavy atom. The van der Waals surface area contributed by atoms with Gasteiger partial charge < -0.3 is 4.98 Å². The smallest absolute Gasteiger partial charge is 0.232 e. The summed E-state index contributed by atoms with van der Waals surface area (Å²) in [4.78, 5) is 11.5. The number of halogens is 2. The normalized spacial score (nSPS) is 11.7. The molecule has 0 saturated heterocycles. The average molecular weight is 442 g/mol. The SMILES string of the molecule is CCCS(=O)(=O)Nc1ccc(F)c(Cc2c[nH]c3ncc(-c4cccnc4)cc23)c1F. The summed E-state index contributed by atoms with van der Waals surface area (Å²) < 4.78 is 55.8. The highest BCUT2D eigenvalue weighted by Crippen LogP contribution is 2.29. The van der Waals surface area contributed by atoms with E-state index in [1.165, 1.54) is 0 Å². The number of nitrogens with zero attached hydrogens (tertiary/aromatic N) is 2. The van der Waals surface area contributed by atoms with Crippen molar-refractivity contribution in [3.05, 3.63) is 77.9 Å². The Morgan fingerprint density at radius 1 is 1.13 bits per heavy atom. The van der Waals surface area contributed by atoms with Crippen LogP contribution in [0, 0.1) is 11.6 Å². The molecular formula is C22H20F2N4O2S. The highest BCUT2D eigenvalue weighted by molar-refractivity contribution is 7.92. The number of sulfonamides is 1. The second kappa shape index (κ2) is 8.43. The maximum absolute atomic E-state index is 15.0. The van der Waals surface area contributed by atoms with Crippen LogP contribution in [0.25, 0.3) is 22.2 Å². The molecule has 0 atom stereocenters. The molecule has 0 aliphatic rings. The van der Waals surface area contributed by atoms with Gasteiger partial charge >= 0.3 is 0 Å². The molecule has 0 spiro atoms. The Kier molecular flexibility index (Phi) is 5.69. The molecule has 3 heterocycles. The second-order valence-corrected chi connectivity index (χ2v) is 9.00. The summed E-state index contributed by atoms with van der Waals surface area (Å²) in [6.07, 6.45) is 7.04. The largest absolute Gasteiger partial charge is 0.346 e. The molecule has 160 valence electrons.